The second-order valence-electron chi connectivity index (χ2n) is 10.4. The summed E-state index contributed by atoms with van der Waals surface area (Å²) in [6.45, 7) is 8.97. The zero-order valence-corrected chi connectivity index (χ0v) is 19.2. The second-order valence-corrected chi connectivity index (χ2v) is 10.8. The Hall–Kier alpha value is -2.31. The molecule has 0 radical (unpaired) electrons. The summed E-state index contributed by atoms with van der Waals surface area (Å²) in [7, 11) is 0. The summed E-state index contributed by atoms with van der Waals surface area (Å²) in [5, 5.41) is 4.93. The summed E-state index contributed by atoms with van der Waals surface area (Å²) in [6, 6.07) is 17.1. The first-order chi connectivity index (χ1) is 14.7. The van der Waals surface area contributed by atoms with Crippen molar-refractivity contribution >= 4 is 12.2 Å². The molecule has 162 valence electrons. The predicted octanol–water partition coefficient (Wildman–Crippen LogP) is 6.07. The van der Waals surface area contributed by atoms with Crippen molar-refractivity contribution in [2.45, 2.75) is 52.7 Å². The number of halogens is 1. The number of fused-ring (bicyclic) bond motifs is 2. The third-order valence-corrected chi connectivity index (χ3v) is 7.19. The Labute approximate surface area is 188 Å². The molecule has 0 unspecified atom stereocenters. The van der Waals surface area contributed by atoms with E-state index >= 15 is 0 Å². The van der Waals surface area contributed by atoms with Gasteiger partial charge >= 0.3 is 0 Å². The van der Waals surface area contributed by atoms with Gasteiger partial charge in [-0.1, -0.05) is 39.0 Å². The highest BCUT2D eigenvalue weighted by Crippen LogP contribution is 2.52. The number of hydrogen-bond donors (Lipinski definition) is 0. The van der Waals surface area contributed by atoms with E-state index in [4.69, 9.17) is 17.3 Å². The zero-order chi connectivity index (χ0) is 21.8. The highest BCUT2D eigenvalue weighted by Gasteiger charge is 2.49. The van der Waals surface area contributed by atoms with E-state index in [0.29, 0.717) is 28.3 Å². The van der Waals surface area contributed by atoms with Crippen molar-refractivity contribution in [1.82, 2.24) is 19.2 Å². The number of aromatic nitrogens is 3. The molecule has 3 aromatic rings. The van der Waals surface area contributed by atoms with Gasteiger partial charge < -0.3 is 0 Å². The van der Waals surface area contributed by atoms with Crippen LogP contribution in [0, 0.1) is 21.4 Å². The predicted molar refractivity (Wildman–Crippen MR) is 124 cm³/mol. The first-order valence-corrected chi connectivity index (χ1v) is 11.4. The fourth-order valence-electron chi connectivity index (χ4n) is 6.01. The third-order valence-electron chi connectivity index (χ3n) is 6.79. The van der Waals surface area contributed by atoms with Gasteiger partial charge in [0.2, 0.25) is 4.77 Å². The highest BCUT2D eigenvalue weighted by atomic mass is 32.1. The van der Waals surface area contributed by atoms with Crippen molar-refractivity contribution in [2.24, 2.45) is 10.8 Å². The van der Waals surface area contributed by atoms with Gasteiger partial charge in [0.15, 0.2) is 5.82 Å². The first kappa shape index (κ1) is 20.6. The summed E-state index contributed by atoms with van der Waals surface area (Å²) >= 11 is 5.91. The SMILES string of the molecule is CC1(C)C[C@@H]2C[C@@](C)(CN2Cn2nc(-c3ccc(F)cc3)n(-c3ccccc3)c2=S)C1. The Morgan fingerprint density at radius 3 is 2.45 bits per heavy atom. The largest absolute Gasteiger partial charge is 0.281 e. The molecular formula is C25H29FN4S. The number of para-hydroxylation sites is 1. The Kier molecular flexibility index (Phi) is 4.90. The number of likely N-dealkylation sites (tertiary alicyclic amines) is 1. The fourth-order valence-corrected chi connectivity index (χ4v) is 6.30. The first-order valence-electron chi connectivity index (χ1n) is 11.0. The van der Waals surface area contributed by atoms with E-state index in [0.717, 1.165) is 23.6 Å². The Morgan fingerprint density at radius 2 is 1.74 bits per heavy atom. The molecule has 1 aromatic heterocycles. The van der Waals surface area contributed by atoms with Crippen LogP contribution < -0.4 is 0 Å². The number of nitrogens with zero attached hydrogens (tertiary/aromatic N) is 4. The standard InChI is InChI=1S/C25H29FN4S/c1-24(2)13-21-14-25(3,15-24)16-28(21)17-29-23(31)30(20-7-5-4-6-8-20)22(27-29)18-9-11-19(26)12-10-18/h4-12,21H,13-17H2,1-3H3/t21-,25-/m1/s1. The maximum absolute atomic E-state index is 13.5. The molecule has 2 heterocycles. The second kappa shape index (κ2) is 7.38. The number of hydrogen-bond acceptors (Lipinski definition) is 3. The smallest absolute Gasteiger partial charge is 0.204 e. The Bertz CT molecular complexity index is 1150. The molecule has 1 saturated carbocycles. The van der Waals surface area contributed by atoms with E-state index in [9.17, 15) is 4.39 Å². The van der Waals surface area contributed by atoms with Crippen molar-refractivity contribution in [1.29, 1.82) is 0 Å². The minimum absolute atomic E-state index is 0.256. The molecule has 6 heteroatoms. The van der Waals surface area contributed by atoms with Crippen LogP contribution in [0.15, 0.2) is 54.6 Å². The van der Waals surface area contributed by atoms with E-state index in [1.54, 1.807) is 12.1 Å². The highest BCUT2D eigenvalue weighted by molar-refractivity contribution is 7.71. The van der Waals surface area contributed by atoms with Crippen molar-refractivity contribution in [3.63, 3.8) is 0 Å². The molecule has 0 N–H and O–H groups in total. The average molecular weight is 437 g/mol. The van der Waals surface area contributed by atoms with Gasteiger partial charge in [-0.05, 0) is 78.7 Å². The molecule has 1 aliphatic heterocycles. The fraction of sp³-hybridized carbons (Fsp3) is 0.440. The van der Waals surface area contributed by atoms with Crippen LogP contribution in [0.1, 0.15) is 40.0 Å². The van der Waals surface area contributed by atoms with Crippen molar-refractivity contribution < 1.29 is 4.39 Å². The van der Waals surface area contributed by atoms with Crippen LogP contribution in [0.3, 0.4) is 0 Å². The third kappa shape index (κ3) is 3.87. The van der Waals surface area contributed by atoms with Gasteiger partial charge in [0.25, 0.3) is 0 Å². The van der Waals surface area contributed by atoms with Crippen molar-refractivity contribution in [2.75, 3.05) is 6.54 Å². The van der Waals surface area contributed by atoms with E-state index < -0.39 is 0 Å². The van der Waals surface area contributed by atoms with Gasteiger partial charge in [-0.25, -0.2) is 9.07 Å². The topological polar surface area (TPSA) is 26.0 Å². The summed E-state index contributed by atoms with van der Waals surface area (Å²) in [5.74, 6) is 0.484. The minimum atomic E-state index is -0.256. The van der Waals surface area contributed by atoms with Gasteiger partial charge in [-0.3, -0.25) is 9.47 Å². The maximum atomic E-state index is 13.5. The summed E-state index contributed by atoms with van der Waals surface area (Å²) < 4.78 is 18.1. The van der Waals surface area contributed by atoms with E-state index in [1.807, 2.05) is 39.6 Å². The Morgan fingerprint density at radius 1 is 1.03 bits per heavy atom. The molecule has 2 aliphatic rings. The zero-order valence-electron chi connectivity index (χ0n) is 18.4. The van der Waals surface area contributed by atoms with Crippen LogP contribution in [0.25, 0.3) is 17.1 Å². The lowest BCUT2D eigenvalue weighted by Gasteiger charge is -2.39. The van der Waals surface area contributed by atoms with Crippen LogP contribution in [0.4, 0.5) is 4.39 Å². The molecule has 2 fully saturated rings. The lowest BCUT2D eigenvalue weighted by atomic mass is 9.65. The Balaban J connectivity index is 1.55. The van der Waals surface area contributed by atoms with Crippen molar-refractivity contribution in [3.8, 4) is 17.1 Å². The van der Waals surface area contributed by atoms with Crippen LogP contribution in [0.5, 0.6) is 0 Å². The molecule has 0 spiro atoms. The van der Waals surface area contributed by atoms with Crippen molar-refractivity contribution in [3.05, 3.63) is 65.2 Å². The van der Waals surface area contributed by atoms with Gasteiger partial charge in [-0.2, -0.15) is 0 Å². The van der Waals surface area contributed by atoms with E-state index in [-0.39, 0.29) is 5.82 Å². The molecule has 1 saturated heterocycles. The molecule has 4 nitrogen and oxygen atoms in total. The van der Waals surface area contributed by atoms with E-state index in [1.165, 1.54) is 31.4 Å². The van der Waals surface area contributed by atoms with Gasteiger partial charge in [-0.15, -0.1) is 5.10 Å². The van der Waals surface area contributed by atoms with Crippen LogP contribution in [-0.2, 0) is 6.67 Å². The molecule has 2 bridgehead atoms. The average Bonchev–Trinajstić information content (AvgIpc) is 3.15. The molecule has 31 heavy (non-hydrogen) atoms. The van der Waals surface area contributed by atoms with Gasteiger partial charge in [0.1, 0.15) is 5.82 Å². The van der Waals surface area contributed by atoms with E-state index in [2.05, 4.69) is 25.7 Å². The number of benzene rings is 2. The molecule has 2 aromatic carbocycles. The molecular weight excluding hydrogens is 407 g/mol. The molecule has 0 amide bonds. The molecule has 2 atom stereocenters. The lowest BCUT2D eigenvalue weighted by Crippen LogP contribution is -2.35. The molecule has 1 aliphatic carbocycles. The van der Waals surface area contributed by atoms with Gasteiger partial charge in [0, 0.05) is 23.8 Å². The lowest BCUT2D eigenvalue weighted by molar-refractivity contribution is 0.119. The van der Waals surface area contributed by atoms with Crippen LogP contribution in [0.2, 0.25) is 0 Å². The maximum Gasteiger partial charge on any atom is 0.204 e. The monoisotopic (exact) mass is 436 g/mol. The number of rotatable bonds is 4. The van der Waals surface area contributed by atoms with Crippen LogP contribution >= 0.6 is 12.2 Å². The summed E-state index contributed by atoms with van der Waals surface area (Å²) in [6.07, 6.45) is 3.71. The summed E-state index contributed by atoms with van der Waals surface area (Å²) in [4.78, 5) is 2.56. The van der Waals surface area contributed by atoms with Gasteiger partial charge in [0.05, 0.1) is 6.67 Å². The van der Waals surface area contributed by atoms with Crippen LogP contribution in [-0.4, -0.2) is 31.8 Å². The quantitative estimate of drug-likeness (QED) is 0.465. The summed E-state index contributed by atoms with van der Waals surface area (Å²) in [5.41, 5.74) is 2.54. The molecule has 5 rings (SSSR count). The normalized spacial score (nSPS) is 25.1. The minimum Gasteiger partial charge on any atom is -0.281 e.